The van der Waals surface area contributed by atoms with E-state index in [-0.39, 0.29) is 16.9 Å². The van der Waals surface area contributed by atoms with Crippen LogP contribution in [0.15, 0.2) is 176 Å². The predicted octanol–water partition coefficient (Wildman–Crippen LogP) is 11.3. The van der Waals surface area contributed by atoms with Crippen molar-refractivity contribution in [2.75, 3.05) is 4.90 Å². The summed E-state index contributed by atoms with van der Waals surface area (Å²) >= 11 is 0. The smallest absolute Gasteiger partial charge is 0.0645 e. The van der Waals surface area contributed by atoms with Gasteiger partial charge in [0.15, 0.2) is 0 Å². The van der Waals surface area contributed by atoms with E-state index in [1.807, 2.05) is 48.5 Å². The standard InChI is InChI=1S/C40H29N/c1-3-10-30(11-4-1)32-20-24-39(25-21-32)41(38-16-5-2-6-17-38)40-26-22-33(23-27-40)35-14-9-15-36(28-35)37-19-18-31-12-7-8-13-34(31)29-37/h1-29H/i1D,3D,4D,10D,11D,20D,21D,22D,23D,24D,25D,26D,27D. The molecule has 0 saturated heterocycles. The molecule has 0 unspecified atom stereocenters. The van der Waals surface area contributed by atoms with Crippen LogP contribution in [0, 0.1) is 0 Å². The maximum Gasteiger partial charge on any atom is 0.0645 e. The number of rotatable bonds is 6. The molecule has 0 aliphatic heterocycles. The van der Waals surface area contributed by atoms with E-state index >= 15 is 0 Å². The van der Waals surface area contributed by atoms with E-state index in [1.54, 1.807) is 48.5 Å². The van der Waals surface area contributed by atoms with Gasteiger partial charge in [-0.05, 0) is 92.6 Å². The van der Waals surface area contributed by atoms with Crippen LogP contribution in [-0.2, 0) is 0 Å². The molecule has 0 fully saturated rings. The molecule has 0 aliphatic rings. The van der Waals surface area contributed by atoms with E-state index in [9.17, 15) is 5.48 Å². The van der Waals surface area contributed by atoms with Crippen LogP contribution in [0.1, 0.15) is 17.8 Å². The van der Waals surface area contributed by atoms with Crippen LogP contribution in [0.3, 0.4) is 0 Å². The number of hydrogen-bond donors (Lipinski definition) is 0. The average Bonchev–Trinajstić information content (AvgIpc) is 3.19. The van der Waals surface area contributed by atoms with Crippen molar-refractivity contribution in [2.45, 2.75) is 0 Å². The molecule has 194 valence electrons. The molecule has 1 nitrogen and oxygen atoms in total. The Kier molecular flexibility index (Phi) is 3.83. The van der Waals surface area contributed by atoms with Crippen molar-refractivity contribution < 1.29 is 17.8 Å². The number of fused-ring (bicyclic) bond motifs is 1. The summed E-state index contributed by atoms with van der Waals surface area (Å²) < 4.78 is 114. The normalized spacial score (nSPS) is 15.4. The van der Waals surface area contributed by atoms with Crippen LogP contribution in [0.25, 0.3) is 44.2 Å². The van der Waals surface area contributed by atoms with Crippen LogP contribution in [-0.4, -0.2) is 0 Å². The minimum Gasteiger partial charge on any atom is -0.311 e. The summed E-state index contributed by atoms with van der Waals surface area (Å²) in [4.78, 5) is 1.14. The quantitative estimate of drug-likeness (QED) is 0.204. The molecule has 0 saturated carbocycles. The Bertz CT molecular complexity index is 2570. The molecular formula is C40H29N. The topological polar surface area (TPSA) is 3.24 Å². The van der Waals surface area contributed by atoms with Crippen molar-refractivity contribution in [3.05, 3.63) is 176 Å². The number of benzene rings is 7. The third kappa shape index (κ3) is 5.14. The predicted molar refractivity (Wildman–Crippen MR) is 175 cm³/mol. The van der Waals surface area contributed by atoms with Gasteiger partial charge in [0.2, 0.25) is 0 Å². The molecule has 0 aromatic heterocycles. The summed E-state index contributed by atoms with van der Waals surface area (Å²) in [5.74, 6) is 0. The van der Waals surface area contributed by atoms with Crippen LogP contribution in [0.4, 0.5) is 17.1 Å². The number of anilines is 3. The first-order chi connectivity index (χ1) is 25.7. The monoisotopic (exact) mass is 536 g/mol. The lowest BCUT2D eigenvalue weighted by Gasteiger charge is -2.26. The number of para-hydroxylation sites is 1. The Labute approximate surface area is 259 Å². The molecule has 0 radical (unpaired) electrons. The molecule has 7 aromatic carbocycles. The molecule has 7 rings (SSSR count). The molecule has 0 aliphatic carbocycles. The van der Waals surface area contributed by atoms with Gasteiger partial charge in [-0.15, -0.1) is 0 Å². The molecule has 0 amide bonds. The minimum absolute atomic E-state index is 0.0282. The maximum atomic E-state index is 9.25. The number of nitrogens with zero attached hydrogens (tertiary/aromatic N) is 1. The van der Waals surface area contributed by atoms with Gasteiger partial charge in [-0.3, -0.25) is 0 Å². The molecule has 0 bridgehead atoms. The minimum atomic E-state index is -0.720. The van der Waals surface area contributed by atoms with E-state index in [2.05, 4.69) is 0 Å². The molecule has 0 atom stereocenters. The van der Waals surface area contributed by atoms with Gasteiger partial charge >= 0.3 is 0 Å². The third-order valence-electron chi connectivity index (χ3n) is 6.67. The largest absolute Gasteiger partial charge is 0.311 e. The van der Waals surface area contributed by atoms with Crippen molar-refractivity contribution >= 4 is 27.8 Å². The first-order valence-electron chi connectivity index (χ1n) is 19.5. The van der Waals surface area contributed by atoms with E-state index in [1.165, 1.54) is 0 Å². The summed E-state index contributed by atoms with van der Waals surface area (Å²) in [6.45, 7) is 0. The van der Waals surface area contributed by atoms with Gasteiger partial charge in [0, 0.05) is 17.1 Å². The van der Waals surface area contributed by atoms with Gasteiger partial charge < -0.3 is 4.90 Å². The van der Waals surface area contributed by atoms with Gasteiger partial charge in [-0.2, -0.15) is 0 Å². The van der Waals surface area contributed by atoms with Crippen molar-refractivity contribution in [3.63, 3.8) is 0 Å². The van der Waals surface area contributed by atoms with Gasteiger partial charge in [0.1, 0.15) is 0 Å². The Balaban J connectivity index is 1.44. The van der Waals surface area contributed by atoms with Gasteiger partial charge in [-0.1, -0.05) is 127 Å². The number of hydrogen-bond acceptors (Lipinski definition) is 1. The fourth-order valence-corrected chi connectivity index (χ4v) is 4.65. The lowest BCUT2D eigenvalue weighted by molar-refractivity contribution is 1.28. The van der Waals surface area contributed by atoms with Crippen molar-refractivity contribution in [3.8, 4) is 33.4 Å². The lowest BCUT2D eigenvalue weighted by atomic mass is 9.97. The van der Waals surface area contributed by atoms with Gasteiger partial charge in [0.25, 0.3) is 0 Å². The highest BCUT2D eigenvalue weighted by molar-refractivity contribution is 5.88. The van der Waals surface area contributed by atoms with Crippen molar-refractivity contribution in [1.82, 2.24) is 0 Å². The second kappa shape index (κ2) is 11.0. The van der Waals surface area contributed by atoms with Crippen molar-refractivity contribution in [1.29, 1.82) is 0 Å². The van der Waals surface area contributed by atoms with E-state index in [0.29, 0.717) is 5.56 Å². The Morgan fingerprint density at radius 1 is 0.341 bits per heavy atom. The van der Waals surface area contributed by atoms with Gasteiger partial charge in [0.05, 0.1) is 17.8 Å². The molecular weight excluding hydrogens is 494 g/mol. The molecule has 0 N–H and O–H groups in total. The van der Waals surface area contributed by atoms with Crippen LogP contribution in [0.5, 0.6) is 0 Å². The molecule has 0 spiro atoms. The third-order valence-corrected chi connectivity index (χ3v) is 6.67. The Morgan fingerprint density at radius 3 is 1.56 bits per heavy atom. The zero-order valence-electron chi connectivity index (χ0n) is 34.7. The molecule has 7 aromatic rings. The Hall–Kier alpha value is -5.40. The fraction of sp³-hybridized carbons (Fsp3) is 0. The highest BCUT2D eigenvalue weighted by Gasteiger charge is 2.13. The summed E-state index contributed by atoms with van der Waals surface area (Å²) in [5, 5.41) is 2.10. The maximum absolute atomic E-state index is 9.25. The first kappa shape index (κ1) is 14.3. The van der Waals surface area contributed by atoms with Crippen LogP contribution >= 0.6 is 0 Å². The summed E-state index contributed by atoms with van der Waals surface area (Å²) in [6, 6.07) is 21.1. The Morgan fingerprint density at radius 2 is 0.878 bits per heavy atom. The zero-order valence-corrected chi connectivity index (χ0v) is 21.7. The zero-order chi connectivity index (χ0) is 38.7. The molecule has 41 heavy (non-hydrogen) atoms. The SMILES string of the molecule is [2H]c1c([2H])c([2H])c(-c2c([2H])c([2H])c(N(c3ccccc3)c3c([2H])c([2H])c(-c4cccc(-c5ccc6ccccc6c5)c4)c([2H])c3[2H])c([2H])c2[2H])c([2H])c1[2H]. The highest BCUT2D eigenvalue weighted by atomic mass is 15.1. The van der Waals surface area contributed by atoms with E-state index < -0.39 is 95.4 Å². The van der Waals surface area contributed by atoms with Crippen molar-refractivity contribution in [2.24, 2.45) is 0 Å². The van der Waals surface area contributed by atoms with Crippen LogP contribution < -0.4 is 4.90 Å². The first-order valence-corrected chi connectivity index (χ1v) is 13.0. The fourth-order valence-electron chi connectivity index (χ4n) is 4.65. The van der Waals surface area contributed by atoms with E-state index in [0.717, 1.165) is 26.8 Å². The summed E-state index contributed by atoms with van der Waals surface area (Å²) in [5.41, 5.74) is 0.599. The molecule has 1 heteroatoms. The highest BCUT2D eigenvalue weighted by Crippen LogP contribution is 2.37. The van der Waals surface area contributed by atoms with Crippen LogP contribution in [0.2, 0.25) is 0 Å². The second-order valence-corrected chi connectivity index (χ2v) is 9.26. The van der Waals surface area contributed by atoms with E-state index in [4.69, 9.17) is 12.3 Å². The lowest BCUT2D eigenvalue weighted by Crippen LogP contribution is -2.09. The molecule has 0 heterocycles. The second-order valence-electron chi connectivity index (χ2n) is 9.26. The summed E-state index contributed by atoms with van der Waals surface area (Å²) in [7, 11) is 0. The van der Waals surface area contributed by atoms with Gasteiger partial charge in [-0.25, -0.2) is 0 Å². The summed E-state index contributed by atoms with van der Waals surface area (Å²) in [6.07, 6.45) is 0. The average molecular weight is 537 g/mol.